The number of tetrazole rings is 2. The standard InChI is InChI=1S/C6H6N8O4/c1-3(15)17-13-5(7-9-11-13)6-8-10-12-14(6)18-4(2)16/h1-2H3. The number of carbonyl (C=O) groups is 2. The van der Waals surface area contributed by atoms with Crippen molar-refractivity contribution in [3.8, 4) is 11.6 Å². The number of hydrogen-bond donors (Lipinski definition) is 0. The van der Waals surface area contributed by atoms with Gasteiger partial charge in [0.2, 0.25) is 0 Å². The van der Waals surface area contributed by atoms with Gasteiger partial charge in [0, 0.05) is 13.8 Å². The molecule has 0 fully saturated rings. The summed E-state index contributed by atoms with van der Waals surface area (Å²) in [4.78, 5) is 32.4. The van der Waals surface area contributed by atoms with Gasteiger partial charge < -0.3 is 9.68 Å². The Morgan fingerprint density at radius 3 is 1.61 bits per heavy atom. The van der Waals surface area contributed by atoms with Crippen LogP contribution in [0.4, 0.5) is 0 Å². The molecule has 94 valence electrons. The molecule has 0 aliphatic carbocycles. The van der Waals surface area contributed by atoms with E-state index in [-0.39, 0.29) is 11.6 Å². The molecule has 0 aromatic carbocycles. The molecule has 0 aliphatic heterocycles. The minimum Gasteiger partial charge on any atom is -0.316 e. The van der Waals surface area contributed by atoms with Gasteiger partial charge >= 0.3 is 11.9 Å². The molecule has 0 bridgehead atoms. The fraction of sp³-hybridized carbons (Fsp3) is 0.333. The summed E-state index contributed by atoms with van der Waals surface area (Å²) < 4.78 is 0. The van der Waals surface area contributed by atoms with E-state index < -0.39 is 11.9 Å². The molecule has 0 N–H and O–H groups in total. The van der Waals surface area contributed by atoms with Crippen molar-refractivity contribution in [3.63, 3.8) is 0 Å². The van der Waals surface area contributed by atoms with E-state index in [2.05, 4.69) is 40.7 Å². The van der Waals surface area contributed by atoms with E-state index in [9.17, 15) is 9.59 Å². The SMILES string of the molecule is CC(=O)On1nnnc1-c1nnnn1OC(C)=O. The Labute approximate surface area is 98.4 Å². The number of rotatable bonds is 3. The van der Waals surface area contributed by atoms with Crippen molar-refractivity contribution in [2.24, 2.45) is 0 Å². The smallest absolute Gasteiger partial charge is 0.316 e. The molecule has 18 heavy (non-hydrogen) atoms. The molecule has 0 saturated carbocycles. The summed E-state index contributed by atoms with van der Waals surface area (Å²) in [6.45, 7) is 2.33. The van der Waals surface area contributed by atoms with Crippen LogP contribution in [0.2, 0.25) is 0 Å². The highest BCUT2D eigenvalue weighted by atomic mass is 16.7. The minimum absolute atomic E-state index is 0.101. The number of carbonyl (C=O) groups excluding carboxylic acids is 2. The van der Waals surface area contributed by atoms with E-state index in [0.29, 0.717) is 9.69 Å². The second kappa shape index (κ2) is 4.52. The van der Waals surface area contributed by atoms with Gasteiger partial charge in [-0.1, -0.05) is 0 Å². The zero-order chi connectivity index (χ0) is 13.1. The van der Waals surface area contributed by atoms with Gasteiger partial charge in [-0.3, -0.25) is 0 Å². The highest BCUT2D eigenvalue weighted by molar-refractivity contribution is 5.67. The van der Waals surface area contributed by atoms with Crippen molar-refractivity contribution in [2.45, 2.75) is 13.8 Å². The van der Waals surface area contributed by atoms with Crippen LogP contribution in [0, 0.1) is 0 Å². The molecule has 0 spiro atoms. The van der Waals surface area contributed by atoms with Gasteiger partial charge in [0.1, 0.15) is 0 Å². The number of nitrogens with zero attached hydrogens (tertiary/aromatic N) is 8. The molecule has 0 saturated heterocycles. The predicted molar refractivity (Wildman–Crippen MR) is 49.2 cm³/mol. The molecule has 2 heterocycles. The average molecular weight is 254 g/mol. The molecule has 0 radical (unpaired) electrons. The number of hydrogen-bond acceptors (Lipinski definition) is 10. The van der Waals surface area contributed by atoms with E-state index in [1.165, 1.54) is 13.8 Å². The van der Waals surface area contributed by atoms with Crippen LogP contribution >= 0.6 is 0 Å². The second-order valence-electron chi connectivity index (χ2n) is 2.92. The predicted octanol–water partition coefficient (Wildman–Crippen LogP) is -2.72. The molecule has 2 aromatic rings. The highest BCUT2D eigenvalue weighted by Gasteiger charge is 2.21. The van der Waals surface area contributed by atoms with Gasteiger partial charge in [0.05, 0.1) is 0 Å². The van der Waals surface area contributed by atoms with Crippen LogP contribution in [0.1, 0.15) is 13.8 Å². The van der Waals surface area contributed by atoms with Crippen molar-refractivity contribution in [1.82, 2.24) is 40.7 Å². The van der Waals surface area contributed by atoms with Crippen molar-refractivity contribution >= 4 is 11.9 Å². The summed E-state index contributed by atoms with van der Waals surface area (Å²) in [7, 11) is 0. The quantitative estimate of drug-likeness (QED) is 0.530. The van der Waals surface area contributed by atoms with Crippen LogP contribution in [0.15, 0.2) is 0 Å². The van der Waals surface area contributed by atoms with Crippen LogP contribution in [0.5, 0.6) is 0 Å². The molecule has 12 heteroatoms. The molecule has 0 aliphatic rings. The average Bonchev–Trinajstić information content (AvgIpc) is 2.85. The maximum Gasteiger partial charge on any atom is 0.332 e. The highest BCUT2D eigenvalue weighted by Crippen LogP contribution is 2.08. The molecular weight excluding hydrogens is 248 g/mol. The lowest BCUT2D eigenvalue weighted by molar-refractivity contribution is -0.144. The van der Waals surface area contributed by atoms with Crippen molar-refractivity contribution in [1.29, 1.82) is 0 Å². The normalized spacial score (nSPS) is 10.1. The van der Waals surface area contributed by atoms with Gasteiger partial charge in [0.15, 0.2) is 0 Å². The Bertz CT molecular complexity index is 536. The van der Waals surface area contributed by atoms with Gasteiger partial charge in [-0.2, -0.15) is 0 Å². The van der Waals surface area contributed by atoms with E-state index in [0.717, 1.165) is 0 Å². The maximum absolute atomic E-state index is 10.8. The summed E-state index contributed by atoms with van der Waals surface area (Å²) in [5, 5.41) is 20.5. The minimum atomic E-state index is -0.643. The first-order valence-electron chi connectivity index (χ1n) is 4.53. The van der Waals surface area contributed by atoms with Crippen molar-refractivity contribution in [2.75, 3.05) is 0 Å². The van der Waals surface area contributed by atoms with Crippen molar-refractivity contribution < 1.29 is 19.3 Å². The molecule has 0 atom stereocenters. The fourth-order valence-corrected chi connectivity index (χ4v) is 0.986. The van der Waals surface area contributed by atoms with E-state index in [1.807, 2.05) is 0 Å². The largest absolute Gasteiger partial charge is 0.332 e. The molecule has 0 amide bonds. The molecule has 2 aromatic heterocycles. The molecule has 0 unspecified atom stereocenters. The van der Waals surface area contributed by atoms with Gasteiger partial charge in [0.25, 0.3) is 11.6 Å². The second-order valence-corrected chi connectivity index (χ2v) is 2.92. The Morgan fingerprint density at radius 2 is 1.28 bits per heavy atom. The molecule has 2 rings (SSSR count). The first-order valence-corrected chi connectivity index (χ1v) is 4.53. The lowest BCUT2D eigenvalue weighted by Crippen LogP contribution is -2.23. The monoisotopic (exact) mass is 254 g/mol. The lowest BCUT2D eigenvalue weighted by atomic mass is 10.6. The van der Waals surface area contributed by atoms with Crippen LogP contribution in [0.25, 0.3) is 11.6 Å². The summed E-state index contributed by atoms with van der Waals surface area (Å²) in [6.07, 6.45) is 0. The van der Waals surface area contributed by atoms with Crippen LogP contribution in [-0.4, -0.2) is 52.7 Å². The third-order valence-electron chi connectivity index (χ3n) is 1.51. The maximum atomic E-state index is 10.8. The zero-order valence-electron chi connectivity index (χ0n) is 9.21. The topological polar surface area (TPSA) is 140 Å². The van der Waals surface area contributed by atoms with Gasteiger partial charge in [-0.25, -0.2) is 9.59 Å². The van der Waals surface area contributed by atoms with E-state index in [1.54, 1.807) is 0 Å². The molecule has 12 nitrogen and oxygen atoms in total. The van der Waals surface area contributed by atoms with E-state index >= 15 is 0 Å². The van der Waals surface area contributed by atoms with Crippen LogP contribution < -0.4 is 9.68 Å². The summed E-state index contributed by atoms with van der Waals surface area (Å²) in [5.74, 6) is -1.49. The van der Waals surface area contributed by atoms with E-state index in [4.69, 9.17) is 0 Å². The lowest BCUT2D eigenvalue weighted by Gasteiger charge is -2.02. The van der Waals surface area contributed by atoms with Crippen LogP contribution in [-0.2, 0) is 9.59 Å². The summed E-state index contributed by atoms with van der Waals surface area (Å²) in [5.41, 5.74) is 0. The third-order valence-corrected chi connectivity index (χ3v) is 1.51. The summed E-state index contributed by atoms with van der Waals surface area (Å²) in [6, 6.07) is 0. The fourth-order valence-electron chi connectivity index (χ4n) is 0.986. The molecular formula is C6H6N8O4. The third kappa shape index (κ3) is 2.26. The number of aromatic nitrogens is 8. The Balaban J connectivity index is 2.37. The zero-order valence-corrected chi connectivity index (χ0v) is 9.21. The Kier molecular flexibility index (Phi) is 2.90. The van der Waals surface area contributed by atoms with Crippen molar-refractivity contribution in [3.05, 3.63) is 0 Å². The Morgan fingerprint density at radius 1 is 0.889 bits per heavy atom. The first kappa shape index (κ1) is 11.6. The first-order chi connectivity index (χ1) is 8.58. The Hall–Kier alpha value is -2.92. The summed E-state index contributed by atoms with van der Waals surface area (Å²) >= 11 is 0. The van der Waals surface area contributed by atoms with Crippen LogP contribution in [0.3, 0.4) is 0 Å². The van der Waals surface area contributed by atoms with Gasteiger partial charge in [-0.05, 0) is 30.5 Å². The van der Waals surface area contributed by atoms with Gasteiger partial charge in [-0.15, -0.1) is 10.2 Å².